The highest BCUT2D eigenvalue weighted by molar-refractivity contribution is 5.96. The van der Waals surface area contributed by atoms with Crippen molar-refractivity contribution < 1.29 is 9.53 Å². The van der Waals surface area contributed by atoms with Crippen molar-refractivity contribution in [3.63, 3.8) is 0 Å². The van der Waals surface area contributed by atoms with Gasteiger partial charge in [0, 0.05) is 13.6 Å². The molecule has 0 N–H and O–H groups in total. The summed E-state index contributed by atoms with van der Waals surface area (Å²) >= 11 is 0. The molecule has 3 nitrogen and oxygen atoms in total. The van der Waals surface area contributed by atoms with Gasteiger partial charge in [-0.2, -0.15) is 0 Å². The Morgan fingerprint density at radius 3 is 2.40 bits per heavy atom. The summed E-state index contributed by atoms with van der Waals surface area (Å²) in [5.41, 5.74) is 1.71. The maximum absolute atomic E-state index is 12.5. The molecule has 0 fully saturated rings. The van der Waals surface area contributed by atoms with E-state index in [1.54, 1.807) is 18.0 Å². The third-order valence-corrected chi connectivity index (χ3v) is 3.03. The van der Waals surface area contributed by atoms with Crippen molar-refractivity contribution in [1.29, 1.82) is 0 Å². The molecular formula is C17H19NO2. The van der Waals surface area contributed by atoms with Crippen LogP contribution < -0.4 is 4.74 Å². The van der Waals surface area contributed by atoms with Gasteiger partial charge in [0.1, 0.15) is 5.75 Å². The molecule has 2 aromatic carbocycles. The van der Waals surface area contributed by atoms with Crippen LogP contribution >= 0.6 is 0 Å². The molecule has 0 spiro atoms. The van der Waals surface area contributed by atoms with Crippen LogP contribution in [-0.4, -0.2) is 24.5 Å². The van der Waals surface area contributed by atoms with Gasteiger partial charge in [-0.05, 0) is 24.6 Å². The zero-order chi connectivity index (χ0) is 14.4. The van der Waals surface area contributed by atoms with Crippen LogP contribution in [0.2, 0.25) is 0 Å². The van der Waals surface area contributed by atoms with Crippen LogP contribution in [0.4, 0.5) is 0 Å². The first-order valence-corrected chi connectivity index (χ1v) is 6.73. The van der Waals surface area contributed by atoms with Gasteiger partial charge in [0.15, 0.2) is 0 Å². The molecule has 0 atom stereocenters. The van der Waals surface area contributed by atoms with Gasteiger partial charge in [-0.1, -0.05) is 42.5 Å². The van der Waals surface area contributed by atoms with Crippen molar-refractivity contribution in [3.05, 3.63) is 65.7 Å². The first kappa shape index (κ1) is 14.1. The highest BCUT2D eigenvalue weighted by Gasteiger charge is 2.16. The standard InChI is InChI=1S/C17H19NO2/c1-3-20-16-12-8-7-11-15(16)17(19)18(2)13-14-9-5-4-6-10-14/h4-12H,3,13H2,1-2H3. The molecule has 0 radical (unpaired) electrons. The average molecular weight is 269 g/mol. The monoisotopic (exact) mass is 269 g/mol. The minimum atomic E-state index is -0.0297. The zero-order valence-electron chi connectivity index (χ0n) is 11.9. The fourth-order valence-corrected chi connectivity index (χ4v) is 2.06. The number of para-hydroxylation sites is 1. The first-order chi connectivity index (χ1) is 9.72. The summed E-state index contributed by atoms with van der Waals surface area (Å²) in [5.74, 6) is 0.609. The van der Waals surface area contributed by atoms with E-state index in [9.17, 15) is 4.79 Å². The van der Waals surface area contributed by atoms with Gasteiger partial charge in [-0.3, -0.25) is 4.79 Å². The molecule has 20 heavy (non-hydrogen) atoms. The molecule has 0 heterocycles. The predicted octanol–water partition coefficient (Wildman–Crippen LogP) is 3.36. The third-order valence-electron chi connectivity index (χ3n) is 3.03. The Morgan fingerprint density at radius 2 is 1.70 bits per heavy atom. The van der Waals surface area contributed by atoms with Gasteiger partial charge in [0.2, 0.25) is 0 Å². The molecule has 0 aliphatic rings. The first-order valence-electron chi connectivity index (χ1n) is 6.73. The van der Waals surface area contributed by atoms with Crippen LogP contribution in [0, 0.1) is 0 Å². The van der Waals surface area contributed by atoms with E-state index in [-0.39, 0.29) is 5.91 Å². The molecule has 0 aliphatic carbocycles. The van der Waals surface area contributed by atoms with E-state index >= 15 is 0 Å². The highest BCUT2D eigenvalue weighted by atomic mass is 16.5. The number of carbonyl (C=O) groups is 1. The maximum Gasteiger partial charge on any atom is 0.257 e. The second-order valence-corrected chi connectivity index (χ2v) is 4.58. The van der Waals surface area contributed by atoms with Crippen LogP contribution in [0.1, 0.15) is 22.8 Å². The lowest BCUT2D eigenvalue weighted by Crippen LogP contribution is -2.26. The molecule has 2 rings (SSSR count). The summed E-state index contributed by atoms with van der Waals surface area (Å²) < 4.78 is 5.51. The average Bonchev–Trinajstić information content (AvgIpc) is 2.48. The lowest BCUT2D eigenvalue weighted by molar-refractivity contribution is 0.0781. The molecule has 0 bridgehead atoms. The number of amides is 1. The van der Waals surface area contributed by atoms with Crippen LogP contribution in [0.15, 0.2) is 54.6 Å². The largest absolute Gasteiger partial charge is 0.493 e. The lowest BCUT2D eigenvalue weighted by atomic mass is 10.1. The van der Waals surface area contributed by atoms with Crippen LogP contribution in [0.25, 0.3) is 0 Å². The normalized spacial score (nSPS) is 10.1. The summed E-state index contributed by atoms with van der Waals surface area (Å²) in [6.07, 6.45) is 0. The molecule has 0 aliphatic heterocycles. The Labute approximate surface area is 119 Å². The summed E-state index contributed by atoms with van der Waals surface area (Å²) in [6.45, 7) is 3.04. The van der Waals surface area contributed by atoms with E-state index in [1.165, 1.54) is 0 Å². The minimum Gasteiger partial charge on any atom is -0.493 e. The van der Waals surface area contributed by atoms with Gasteiger partial charge in [0.25, 0.3) is 5.91 Å². The van der Waals surface area contributed by atoms with E-state index in [0.29, 0.717) is 24.5 Å². The number of hydrogen-bond donors (Lipinski definition) is 0. The topological polar surface area (TPSA) is 29.5 Å². The second-order valence-electron chi connectivity index (χ2n) is 4.58. The number of ether oxygens (including phenoxy) is 1. The fraction of sp³-hybridized carbons (Fsp3) is 0.235. The van der Waals surface area contributed by atoms with Gasteiger partial charge in [-0.15, -0.1) is 0 Å². The molecule has 0 aromatic heterocycles. The number of benzene rings is 2. The third kappa shape index (κ3) is 3.38. The van der Waals surface area contributed by atoms with Gasteiger partial charge in [0.05, 0.1) is 12.2 Å². The Kier molecular flexibility index (Phi) is 4.77. The van der Waals surface area contributed by atoms with E-state index in [4.69, 9.17) is 4.74 Å². The molecule has 0 unspecified atom stereocenters. The Morgan fingerprint density at radius 1 is 1.05 bits per heavy atom. The molecular weight excluding hydrogens is 250 g/mol. The van der Waals surface area contributed by atoms with Crippen molar-refractivity contribution in [2.75, 3.05) is 13.7 Å². The van der Waals surface area contributed by atoms with Crippen molar-refractivity contribution in [1.82, 2.24) is 4.90 Å². The Balaban J connectivity index is 2.14. The Hall–Kier alpha value is -2.29. The van der Waals surface area contributed by atoms with E-state index < -0.39 is 0 Å². The minimum absolute atomic E-state index is 0.0297. The van der Waals surface area contributed by atoms with E-state index in [2.05, 4.69) is 0 Å². The Bertz CT molecular complexity index is 566. The number of nitrogens with zero attached hydrogens (tertiary/aromatic N) is 1. The van der Waals surface area contributed by atoms with E-state index in [1.807, 2.05) is 55.5 Å². The summed E-state index contributed by atoms with van der Waals surface area (Å²) in [5, 5.41) is 0. The summed E-state index contributed by atoms with van der Waals surface area (Å²) in [4.78, 5) is 14.2. The van der Waals surface area contributed by atoms with Crippen molar-refractivity contribution in [3.8, 4) is 5.75 Å². The lowest BCUT2D eigenvalue weighted by Gasteiger charge is -2.19. The van der Waals surface area contributed by atoms with Crippen LogP contribution in [-0.2, 0) is 6.54 Å². The van der Waals surface area contributed by atoms with Crippen molar-refractivity contribution in [2.45, 2.75) is 13.5 Å². The van der Waals surface area contributed by atoms with Crippen molar-refractivity contribution in [2.24, 2.45) is 0 Å². The molecule has 0 saturated heterocycles. The van der Waals surface area contributed by atoms with Crippen LogP contribution in [0.3, 0.4) is 0 Å². The zero-order valence-corrected chi connectivity index (χ0v) is 11.9. The fourth-order valence-electron chi connectivity index (χ4n) is 2.06. The molecule has 1 amide bonds. The summed E-state index contributed by atoms with van der Waals surface area (Å²) in [6, 6.07) is 17.3. The van der Waals surface area contributed by atoms with Gasteiger partial charge < -0.3 is 9.64 Å². The number of carbonyl (C=O) groups excluding carboxylic acids is 1. The predicted molar refractivity (Wildman–Crippen MR) is 79.9 cm³/mol. The van der Waals surface area contributed by atoms with Gasteiger partial charge >= 0.3 is 0 Å². The SMILES string of the molecule is CCOc1ccccc1C(=O)N(C)Cc1ccccc1. The number of rotatable bonds is 5. The smallest absolute Gasteiger partial charge is 0.257 e. The van der Waals surface area contributed by atoms with E-state index in [0.717, 1.165) is 5.56 Å². The molecule has 2 aromatic rings. The molecule has 104 valence electrons. The van der Waals surface area contributed by atoms with Crippen LogP contribution in [0.5, 0.6) is 5.75 Å². The number of hydrogen-bond acceptors (Lipinski definition) is 2. The maximum atomic E-state index is 12.5. The van der Waals surface area contributed by atoms with Gasteiger partial charge in [-0.25, -0.2) is 0 Å². The second kappa shape index (κ2) is 6.75. The summed E-state index contributed by atoms with van der Waals surface area (Å²) in [7, 11) is 1.80. The van der Waals surface area contributed by atoms with Crippen molar-refractivity contribution >= 4 is 5.91 Å². The quantitative estimate of drug-likeness (QED) is 0.833. The highest BCUT2D eigenvalue weighted by Crippen LogP contribution is 2.20. The molecule has 0 saturated carbocycles. The molecule has 3 heteroatoms.